The van der Waals surface area contributed by atoms with Crippen LogP contribution in [-0.4, -0.2) is 61.3 Å². The maximum atomic E-state index is 10.6. The lowest BCUT2D eigenvalue weighted by atomic mass is 10.0. The molecule has 1 fully saturated rings. The molecular formula is C18H30N2O2. The summed E-state index contributed by atoms with van der Waals surface area (Å²) in [5.41, 5.74) is 2.10. The van der Waals surface area contributed by atoms with Crippen molar-refractivity contribution in [1.82, 2.24) is 9.80 Å². The number of aliphatic hydroxyl groups excluding tert-OH is 1. The van der Waals surface area contributed by atoms with E-state index in [4.69, 9.17) is 4.74 Å². The molecule has 1 heterocycles. The first kappa shape index (κ1) is 17.3. The Kier molecular flexibility index (Phi) is 6.68. The monoisotopic (exact) mass is 306 g/mol. The Bertz CT molecular complexity index is 456. The second-order valence-corrected chi connectivity index (χ2v) is 6.34. The van der Waals surface area contributed by atoms with E-state index >= 15 is 0 Å². The van der Waals surface area contributed by atoms with Crippen molar-refractivity contribution < 1.29 is 9.84 Å². The number of hydrogen-bond donors (Lipinski definition) is 1. The number of aliphatic hydroxyl groups is 1. The number of hydrogen-bond acceptors (Lipinski definition) is 4. The number of ether oxygens (including phenoxy) is 1. The highest BCUT2D eigenvalue weighted by atomic mass is 16.5. The zero-order valence-electron chi connectivity index (χ0n) is 14.2. The van der Waals surface area contributed by atoms with Crippen LogP contribution in [0.3, 0.4) is 0 Å². The molecule has 4 heteroatoms. The molecule has 1 N–H and O–H groups in total. The summed E-state index contributed by atoms with van der Waals surface area (Å²) in [6.45, 7) is 10.2. The Hall–Kier alpha value is -1.10. The predicted molar refractivity (Wildman–Crippen MR) is 90.5 cm³/mol. The third-order valence-corrected chi connectivity index (χ3v) is 4.30. The van der Waals surface area contributed by atoms with Crippen LogP contribution in [0.2, 0.25) is 0 Å². The van der Waals surface area contributed by atoms with Gasteiger partial charge in [0.25, 0.3) is 0 Å². The Morgan fingerprint density at radius 1 is 1.23 bits per heavy atom. The second-order valence-electron chi connectivity index (χ2n) is 6.34. The molecular weight excluding hydrogens is 276 g/mol. The van der Waals surface area contributed by atoms with Crippen LogP contribution in [0, 0.1) is 6.92 Å². The normalized spacial score (nSPS) is 18.4. The average Bonchev–Trinajstić information content (AvgIpc) is 2.53. The number of benzene rings is 1. The molecule has 4 nitrogen and oxygen atoms in total. The van der Waals surface area contributed by atoms with Crippen LogP contribution in [0.4, 0.5) is 0 Å². The Morgan fingerprint density at radius 2 is 1.95 bits per heavy atom. The summed E-state index contributed by atoms with van der Waals surface area (Å²) in [7, 11) is 2.16. The molecule has 0 spiro atoms. The van der Waals surface area contributed by atoms with Crippen molar-refractivity contribution in [2.45, 2.75) is 32.8 Å². The van der Waals surface area contributed by atoms with Gasteiger partial charge in [-0.1, -0.05) is 18.6 Å². The standard InChI is InChI=1S/C18H30N2O2/c1-4-13-22-18-6-5-15(2)14-16(18)17(21)7-8-20-11-9-19(3)10-12-20/h5-6,14,17,21H,4,7-13H2,1-3H3. The van der Waals surface area contributed by atoms with E-state index in [0.717, 1.165) is 62.4 Å². The molecule has 1 aromatic rings. The molecule has 1 unspecified atom stereocenters. The molecule has 22 heavy (non-hydrogen) atoms. The van der Waals surface area contributed by atoms with E-state index in [1.165, 1.54) is 0 Å². The molecule has 0 aliphatic carbocycles. The first-order valence-corrected chi connectivity index (χ1v) is 8.42. The van der Waals surface area contributed by atoms with Gasteiger partial charge in [-0.2, -0.15) is 0 Å². The molecule has 0 amide bonds. The highest BCUT2D eigenvalue weighted by Crippen LogP contribution is 2.29. The highest BCUT2D eigenvalue weighted by molar-refractivity contribution is 5.38. The van der Waals surface area contributed by atoms with Crippen molar-refractivity contribution in [1.29, 1.82) is 0 Å². The maximum Gasteiger partial charge on any atom is 0.125 e. The van der Waals surface area contributed by atoms with Crippen LogP contribution in [-0.2, 0) is 0 Å². The number of nitrogens with zero attached hydrogens (tertiary/aromatic N) is 2. The molecule has 1 aliphatic heterocycles. The lowest BCUT2D eigenvalue weighted by Gasteiger charge is -2.32. The van der Waals surface area contributed by atoms with Crippen LogP contribution in [0.25, 0.3) is 0 Å². The smallest absolute Gasteiger partial charge is 0.125 e. The van der Waals surface area contributed by atoms with Gasteiger partial charge in [0.05, 0.1) is 12.7 Å². The molecule has 124 valence electrons. The molecule has 1 aliphatic rings. The van der Waals surface area contributed by atoms with Crippen molar-refractivity contribution >= 4 is 0 Å². The second kappa shape index (κ2) is 8.51. The highest BCUT2D eigenvalue weighted by Gasteiger charge is 2.18. The van der Waals surface area contributed by atoms with E-state index in [1.807, 2.05) is 12.1 Å². The van der Waals surface area contributed by atoms with Gasteiger partial charge in [-0.05, 0) is 38.9 Å². The third-order valence-electron chi connectivity index (χ3n) is 4.30. The summed E-state index contributed by atoms with van der Waals surface area (Å²) in [6.07, 6.45) is 1.28. The van der Waals surface area contributed by atoms with E-state index in [0.29, 0.717) is 6.61 Å². The fourth-order valence-electron chi connectivity index (χ4n) is 2.80. The van der Waals surface area contributed by atoms with Gasteiger partial charge in [-0.15, -0.1) is 0 Å². The van der Waals surface area contributed by atoms with Crippen LogP contribution in [0.5, 0.6) is 5.75 Å². The molecule has 1 saturated heterocycles. The largest absolute Gasteiger partial charge is 0.493 e. The van der Waals surface area contributed by atoms with Crippen molar-refractivity contribution in [2.75, 3.05) is 46.4 Å². The van der Waals surface area contributed by atoms with Crippen molar-refractivity contribution in [3.05, 3.63) is 29.3 Å². The minimum absolute atomic E-state index is 0.452. The summed E-state index contributed by atoms with van der Waals surface area (Å²) < 4.78 is 5.79. The summed E-state index contributed by atoms with van der Waals surface area (Å²) in [4.78, 5) is 4.79. The summed E-state index contributed by atoms with van der Waals surface area (Å²) in [5, 5.41) is 10.6. The summed E-state index contributed by atoms with van der Waals surface area (Å²) in [5.74, 6) is 0.832. The predicted octanol–water partition coefficient (Wildman–Crippen LogP) is 2.45. The minimum atomic E-state index is -0.452. The first-order valence-electron chi connectivity index (χ1n) is 8.42. The fraction of sp³-hybridized carbons (Fsp3) is 0.667. The van der Waals surface area contributed by atoms with Crippen LogP contribution in [0.15, 0.2) is 18.2 Å². The van der Waals surface area contributed by atoms with Gasteiger partial charge in [-0.3, -0.25) is 0 Å². The molecule has 1 aromatic carbocycles. The van der Waals surface area contributed by atoms with E-state index in [2.05, 4.69) is 36.8 Å². The molecule has 0 saturated carbocycles. The van der Waals surface area contributed by atoms with Gasteiger partial charge in [0.15, 0.2) is 0 Å². The SMILES string of the molecule is CCCOc1ccc(C)cc1C(O)CCN1CCN(C)CC1. The summed E-state index contributed by atoms with van der Waals surface area (Å²) in [6, 6.07) is 6.08. The van der Waals surface area contributed by atoms with Gasteiger partial charge in [-0.25, -0.2) is 0 Å². The Balaban J connectivity index is 1.93. The van der Waals surface area contributed by atoms with Gasteiger partial charge in [0.1, 0.15) is 5.75 Å². The van der Waals surface area contributed by atoms with Gasteiger partial charge in [0.2, 0.25) is 0 Å². The Morgan fingerprint density at radius 3 is 2.64 bits per heavy atom. The number of aryl methyl sites for hydroxylation is 1. The van der Waals surface area contributed by atoms with E-state index in [-0.39, 0.29) is 0 Å². The molecule has 2 rings (SSSR count). The summed E-state index contributed by atoms with van der Waals surface area (Å²) >= 11 is 0. The number of rotatable bonds is 7. The quantitative estimate of drug-likeness (QED) is 0.839. The number of piperazine rings is 1. The van der Waals surface area contributed by atoms with Gasteiger partial charge >= 0.3 is 0 Å². The van der Waals surface area contributed by atoms with Crippen molar-refractivity contribution in [3.63, 3.8) is 0 Å². The average molecular weight is 306 g/mol. The van der Waals surface area contributed by atoms with Crippen LogP contribution in [0.1, 0.15) is 37.0 Å². The van der Waals surface area contributed by atoms with Crippen molar-refractivity contribution in [3.8, 4) is 5.75 Å². The van der Waals surface area contributed by atoms with E-state index in [1.54, 1.807) is 0 Å². The van der Waals surface area contributed by atoms with Crippen LogP contribution < -0.4 is 4.74 Å². The van der Waals surface area contributed by atoms with Crippen LogP contribution >= 0.6 is 0 Å². The number of likely N-dealkylation sites (N-methyl/N-ethyl adjacent to an activating group) is 1. The van der Waals surface area contributed by atoms with E-state index < -0.39 is 6.10 Å². The fourth-order valence-corrected chi connectivity index (χ4v) is 2.80. The molecule has 0 bridgehead atoms. The van der Waals surface area contributed by atoms with Crippen molar-refractivity contribution in [2.24, 2.45) is 0 Å². The van der Waals surface area contributed by atoms with Gasteiger partial charge in [0, 0.05) is 38.3 Å². The maximum absolute atomic E-state index is 10.6. The lowest BCUT2D eigenvalue weighted by Crippen LogP contribution is -2.44. The minimum Gasteiger partial charge on any atom is -0.493 e. The third kappa shape index (κ3) is 4.97. The van der Waals surface area contributed by atoms with E-state index in [9.17, 15) is 5.11 Å². The topological polar surface area (TPSA) is 35.9 Å². The lowest BCUT2D eigenvalue weighted by molar-refractivity contribution is 0.111. The first-order chi connectivity index (χ1) is 10.6. The zero-order chi connectivity index (χ0) is 15.9. The zero-order valence-corrected chi connectivity index (χ0v) is 14.2. The Labute approximate surface area is 134 Å². The van der Waals surface area contributed by atoms with Gasteiger partial charge < -0.3 is 19.6 Å². The molecule has 0 aromatic heterocycles. The molecule has 0 radical (unpaired) electrons. The molecule has 1 atom stereocenters.